The van der Waals surface area contributed by atoms with E-state index in [0.717, 1.165) is 36.8 Å². The topological polar surface area (TPSA) is 23.8 Å². The molecule has 0 N–H and O–H groups in total. The van der Waals surface area contributed by atoms with Gasteiger partial charge in [-0.3, -0.25) is 0 Å². The summed E-state index contributed by atoms with van der Waals surface area (Å²) >= 11 is 5.97. The number of benzene rings is 1. The van der Waals surface area contributed by atoms with E-state index in [1.807, 2.05) is 24.5 Å². The van der Waals surface area contributed by atoms with Crippen molar-refractivity contribution in [3.8, 4) is 0 Å². The second kappa shape index (κ2) is 5.78. The number of halogens is 1. The van der Waals surface area contributed by atoms with Crippen molar-refractivity contribution in [3.05, 3.63) is 59.5 Å². The molecule has 2 aromatic heterocycles. The maximum atomic E-state index is 5.97. The molecule has 0 spiro atoms. The van der Waals surface area contributed by atoms with Gasteiger partial charge in [0.25, 0.3) is 0 Å². The second-order valence-electron chi connectivity index (χ2n) is 5.93. The lowest BCUT2D eigenvalue weighted by molar-refractivity contribution is 0.652. The van der Waals surface area contributed by atoms with Crippen molar-refractivity contribution in [2.24, 2.45) is 0 Å². The average Bonchev–Trinajstić information content (AvgIpc) is 3.06. The Morgan fingerprint density at radius 2 is 1.61 bits per heavy atom. The highest BCUT2D eigenvalue weighted by Gasteiger charge is 2.19. The van der Waals surface area contributed by atoms with Gasteiger partial charge in [-0.2, -0.15) is 0 Å². The Bertz CT molecular complexity index is 817. The highest BCUT2D eigenvalue weighted by Crippen LogP contribution is 2.26. The first-order chi connectivity index (χ1) is 11.2. The first-order valence-corrected chi connectivity index (χ1v) is 8.28. The summed E-state index contributed by atoms with van der Waals surface area (Å²) in [6.07, 6.45) is 5.94. The molecule has 0 radical (unpaired) electrons. The normalized spacial score (nSPS) is 15.4. The minimum atomic E-state index is 0.788. The number of nitrogens with zero attached hydrogens (tertiary/aromatic N) is 4. The molecule has 0 saturated carbocycles. The first-order valence-electron chi connectivity index (χ1n) is 7.90. The number of anilines is 2. The third kappa shape index (κ3) is 2.63. The van der Waals surface area contributed by atoms with Crippen LogP contribution in [0.15, 0.2) is 48.9 Å². The van der Waals surface area contributed by atoms with E-state index in [2.05, 4.69) is 50.5 Å². The van der Waals surface area contributed by atoms with Crippen LogP contribution in [0.4, 0.5) is 11.4 Å². The van der Waals surface area contributed by atoms with Crippen molar-refractivity contribution in [2.45, 2.75) is 6.92 Å². The molecule has 3 aromatic rings. The van der Waals surface area contributed by atoms with Crippen LogP contribution >= 0.6 is 11.6 Å². The van der Waals surface area contributed by atoms with Crippen LogP contribution in [-0.2, 0) is 0 Å². The lowest BCUT2D eigenvalue weighted by atomic mass is 10.2. The molecule has 0 aliphatic carbocycles. The standard InChI is InChI=1S/C18H19ClN4/c1-14-17(6-8-23-9-7-20-18(14)23)22-12-10-21(11-13-22)16-4-2-15(19)3-5-16/h2-9H,10-13H2,1H3. The lowest BCUT2D eigenvalue weighted by Gasteiger charge is -2.38. The molecule has 0 bridgehead atoms. The van der Waals surface area contributed by atoms with E-state index < -0.39 is 0 Å². The summed E-state index contributed by atoms with van der Waals surface area (Å²) in [4.78, 5) is 9.33. The van der Waals surface area contributed by atoms with Gasteiger partial charge in [-0.05, 0) is 37.3 Å². The van der Waals surface area contributed by atoms with E-state index in [9.17, 15) is 0 Å². The lowest BCUT2D eigenvalue weighted by Crippen LogP contribution is -2.46. The predicted molar refractivity (Wildman–Crippen MR) is 95.8 cm³/mol. The summed E-state index contributed by atoms with van der Waals surface area (Å²) in [7, 11) is 0. The van der Waals surface area contributed by atoms with Crippen LogP contribution in [0.3, 0.4) is 0 Å². The van der Waals surface area contributed by atoms with E-state index in [1.165, 1.54) is 16.9 Å². The molecule has 0 atom stereocenters. The third-order valence-corrected chi connectivity index (χ3v) is 4.85. The molecule has 118 valence electrons. The molecule has 1 aliphatic rings. The molecule has 4 rings (SSSR count). The SMILES string of the molecule is Cc1c(N2CCN(c3ccc(Cl)cc3)CC2)ccn2ccnc12. The molecular weight excluding hydrogens is 308 g/mol. The smallest absolute Gasteiger partial charge is 0.141 e. The van der Waals surface area contributed by atoms with Crippen LogP contribution in [0.25, 0.3) is 5.65 Å². The van der Waals surface area contributed by atoms with Gasteiger partial charge in [0.15, 0.2) is 0 Å². The Morgan fingerprint density at radius 1 is 0.913 bits per heavy atom. The highest BCUT2D eigenvalue weighted by atomic mass is 35.5. The second-order valence-corrected chi connectivity index (χ2v) is 6.37. The first kappa shape index (κ1) is 14.4. The van der Waals surface area contributed by atoms with Crippen LogP contribution in [0.2, 0.25) is 5.02 Å². The Kier molecular flexibility index (Phi) is 3.62. The number of imidazole rings is 1. The Balaban J connectivity index is 1.52. The molecule has 0 amide bonds. The fraction of sp³-hybridized carbons (Fsp3) is 0.278. The number of fused-ring (bicyclic) bond motifs is 1. The fourth-order valence-corrected chi connectivity index (χ4v) is 3.44. The third-order valence-electron chi connectivity index (χ3n) is 4.59. The quantitative estimate of drug-likeness (QED) is 0.718. The van der Waals surface area contributed by atoms with Crippen molar-refractivity contribution in [2.75, 3.05) is 36.0 Å². The van der Waals surface area contributed by atoms with Gasteiger partial charge in [-0.25, -0.2) is 4.98 Å². The van der Waals surface area contributed by atoms with Crippen molar-refractivity contribution in [1.29, 1.82) is 0 Å². The number of rotatable bonds is 2. The van der Waals surface area contributed by atoms with Crippen LogP contribution < -0.4 is 9.80 Å². The molecular formula is C18H19ClN4. The maximum absolute atomic E-state index is 5.97. The molecule has 1 fully saturated rings. The predicted octanol–water partition coefficient (Wildman–Crippen LogP) is 3.62. The average molecular weight is 327 g/mol. The van der Waals surface area contributed by atoms with Gasteiger partial charge in [-0.1, -0.05) is 11.6 Å². The summed E-state index contributed by atoms with van der Waals surface area (Å²) in [5, 5.41) is 0.788. The van der Waals surface area contributed by atoms with Crippen LogP contribution in [0.5, 0.6) is 0 Å². The van der Waals surface area contributed by atoms with E-state index in [-0.39, 0.29) is 0 Å². The minimum absolute atomic E-state index is 0.788. The van der Waals surface area contributed by atoms with E-state index >= 15 is 0 Å². The van der Waals surface area contributed by atoms with Crippen LogP contribution in [-0.4, -0.2) is 35.6 Å². The summed E-state index contributed by atoms with van der Waals surface area (Å²) in [5.74, 6) is 0. The van der Waals surface area contributed by atoms with Crippen LogP contribution in [0, 0.1) is 6.92 Å². The molecule has 1 saturated heterocycles. The largest absolute Gasteiger partial charge is 0.368 e. The minimum Gasteiger partial charge on any atom is -0.368 e. The highest BCUT2D eigenvalue weighted by molar-refractivity contribution is 6.30. The van der Waals surface area contributed by atoms with Gasteiger partial charge in [0.2, 0.25) is 0 Å². The molecule has 4 nitrogen and oxygen atoms in total. The Labute approximate surface area is 140 Å². The van der Waals surface area contributed by atoms with Crippen molar-refractivity contribution in [3.63, 3.8) is 0 Å². The summed E-state index contributed by atoms with van der Waals surface area (Å²) < 4.78 is 2.07. The van der Waals surface area contributed by atoms with E-state index in [1.54, 1.807) is 0 Å². The molecule has 1 aromatic carbocycles. The molecule has 1 aliphatic heterocycles. The summed E-state index contributed by atoms with van der Waals surface area (Å²) in [5.41, 5.74) is 4.83. The fourth-order valence-electron chi connectivity index (χ4n) is 3.31. The Hall–Kier alpha value is -2.20. The molecule has 23 heavy (non-hydrogen) atoms. The van der Waals surface area contributed by atoms with Gasteiger partial charge < -0.3 is 14.2 Å². The monoisotopic (exact) mass is 326 g/mol. The van der Waals surface area contributed by atoms with E-state index in [0.29, 0.717) is 0 Å². The van der Waals surface area contributed by atoms with Gasteiger partial charge in [0, 0.05) is 66.7 Å². The van der Waals surface area contributed by atoms with E-state index in [4.69, 9.17) is 11.6 Å². The number of aromatic nitrogens is 2. The van der Waals surface area contributed by atoms with Crippen LogP contribution in [0.1, 0.15) is 5.56 Å². The van der Waals surface area contributed by atoms with Crippen molar-refractivity contribution < 1.29 is 0 Å². The number of aryl methyl sites for hydroxylation is 1. The van der Waals surface area contributed by atoms with Gasteiger partial charge in [0.05, 0.1) is 0 Å². The summed E-state index contributed by atoms with van der Waals surface area (Å²) in [6, 6.07) is 10.3. The maximum Gasteiger partial charge on any atom is 0.141 e. The number of pyridine rings is 1. The molecule has 5 heteroatoms. The van der Waals surface area contributed by atoms with Gasteiger partial charge in [0.1, 0.15) is 5.65 Å². The van der Waals surface area contributed by atoms with Crippen molar-refractivity contribution >= 4 is 28.6 Å². The molecule has 0 unspecified atom stereocenters. The Morgan fingerprint density at radius 3 is 2.35 bits per heavy atom. The zero-order valence-electron chi connectivity index (χ0n) is 13.1. The number of hydrogen-bond acceptors (Lipinski definition) is 3. The number of piperazine rings is 1. The zero-order valence-corrected chi connectivity index (χ0v) is 13.9. The summed E-state index contributed by atoms with van der Waals surface area (Å²) in [6.45, 7) is 6.21. The van der Waals surface area contributed by atoms with Gasteiger partial charge in [-0.15, -0.1) is 0 Å². The molecule has 3 heterocycles. The zero-order chi connectivity index (χ0) is 15.8. The van der Waals surface area contributed by atoms with Gasteiger partial charge >= 0.3 is 0 Å². The number of hydrogen-bond donors (Lipinski definition) is 0. The van der Waals surface area contributed by atoms with Crippen molar-refractivity contribution in [1.82, 2.24) is 9.38 Å².